The van der Waals surface area contributed by atoms with Crippen molar-refractivity contribution in [3.63, 3.8) is 0 Å². The summed E-state index contributed by atoms with van der Waals surface area (Å²) in [5.41, 5.74) is 3.23. The van der Waals surface area contributed by atoms with Crippen molar-refractivity contribution in [1.82, 2.24) is 4.90 Å². The highest BCUT2D eigenvalue weighted by atomic mass is 15.1. The minimum absolute atomic E-state index is 0.201. The van der Waals surface area contributed by atoms with Crippen molar-refractivity contribution >= 4 is 5.69 Å². The maximum absolute atomic E-state index is 3.58. The molecule has 0 aromatic heterocycles. The first-order chi connectivity index (χ1) is 8.87. The van der Waals surface area contributed by atoms with Gasteiger partial charge < -0.3 is 10.2 Å². The number of hydrogen-bond acceptors (Lipinski definition) is 2. The van der Waals surface area contributed by atoms with E-state index >= 15 is 0 Å². The number of nitrogens with one attached hydrogen (secondary N) is 1. The summed E-state index contributed by atoms with van der Waals surface area (Å²) < 4.78 is 0. The fourth-order valence-corrected chi connectivity index (χ4v) is 2.98. The summed E-state index contributed by atoms with van der Waals surface area (Å²) in [6, 6.07) is 8.74. The minimum atomic E-state index is 0.201. The zero-order chi connectivity index (χ0) is 14.7. The van der Waals surface area contributed by atoms with E-state index in [0.29, 0.717) is 0 Å². The summed E-state index contributed by atoms with van der Waals surface area (Å²) in [6.07, 6.45) is 0. The van der Waals surface area contributed by atoms with E-state index in [4.69, 9.17) is 0 Å². The normalized spacial score (nSPS) is 21.5. The molecule has 0 amide bonds. The number of nitrogens with zero attached hydrogens (tertiary/aromatic N) is 1. The van der Waals surface area contributed by atoms with E-state index in [2.05, 4.69) is 69.3 Å². The van der Waals surface area contributed by atoms with E-state index in [1.54, 1.807) is 0 Å². The Bertz CT molecular complexity index is 404. The fourth-order valence-electron chi connectivity index (χ4n) is 2.98. The molecule has 19 heavy (non-hydrogen) atoms. The van der Waals surface area contributed by atoms with Gasteiger partial charge in [-0.3, -0.25) is 0 Å². The Hall–Kier alpha value is -1.02. The molecule has 2 rings (SSSR count). The second-order valence-electron chi connectivity index (χ2n) is 6.47. The molecule has 1 aromatic rings. The van der Waals surface area contributed by atoms with E-state index in [9.17, 15) is 0 Å². The Labute approximate surface area is 119 Å². The Morgan fingerprint density at radius 2 is 1.74 bits per heavy atom. The van der Waals surface area contributed by atoms with Crippen LogP contribution in [0.25, 0.3) is 0 Å². The van der Waals surface area contributed by atoms with Gasteiger partial charge in [0.25, 0.3) is 0 Å². The first kappa shape index (κ1) is 16.0. The first-order valence-corrected chi connectivity index (χ1v) is 7.35. The number of likely N-dealkylation sites (N-methyl/N-ethyl adjacent to an activating group) is 1. The summed E-state index contributed by atoms with van der Waals surface area (Å²) in [6.45, 7) is 13.2. The molecule has 0 aliphatic carbocycles. The number of hydrogen-bond donors (Lipinski definition) is 1. The molecule has 0 radical (unpaired) electrons. The van der Waals surface area contributed by atoms with Crippen LogP contribution >= 0.6 is 0 Å². The number of para-hydroxylation sites is 1. The van der Waals surface area contributed by atoms with E-state index < -0.39 is 0 Å². The monoisotopic (exact) mass is 262 g/mol. The zero-order valence-corrected chi connectivity index (χ0v) is 13.7. The van der Waals surface area contributed by atoms with Gasteiger partial charge in [-0.1, -0.05) is 52.8 Å². The standard InChI is InChI=1S/C15H24N2.C2H6/c1-14(2,3)15(11-17(4)5)10-16-13-9-7-6-8-12(13)15;1-2/h6-9,16H,10-11H2,1-5H3;1-2H3. The van der Waals surface area contributed by atoms with E-state index in [1.165, 1.54) is 11.3 Å². The number of fused-ring (bicyclic) bond motifs is 1. The summed E-state index contributed by atoms with van der Waals surface area (Å²) >= 11 is 0. The first-order valence-electron chi connectivity index (χ1n) is 7.35. The SMILES string of the molecule is CC.CN(C)CC1(C(C)(C)C)CNc2ccccc21. The molecule has 1 aliphatic rings. The molecule has 1 heterocycles. The summed E-state index contributed by atoms with van der Waals surface area (Å²) in [5, 5.41) is 3.58. The third-order valence-corrected chi connectivity index (χ3v) is 4.05. The Morgan fingerprint density at radius 3 is 2.26 bits per heavy atom. The van der Waals surface area contributed by atoms with Gasteiger partial charge in [0.1, 0.15) is 0 Å². The average molecular weight is 262 g/mol. The second kappa shape index (κ2) is 5.96. The molecule has 1 unspecified atom stereocenters. The predicted molar refractivity (Wildman–Crippen MR) is 86.0 cm³/mol. The van der Waals surface area contributed by atoms with Gasteiger partial charge in [-0.05, 0) is 31.1 Å². The highest BCUT2D eigenvalue weighted by Gasteiger charge is 2.47. The summed E-state index contributed by atoms with van der Waals surface area (Å²) in [4.78, 5) is 2.30. The molecule has 2 nitrogen and oxygen atoms in total. The maximum Gasteiger partial charge on any atom is 0.0380 e. The lowest BCUT2D eigenvalue weighted by Crippen LogP contribution is -2.49. The van der Waals surface area contributed by atoms with Crippen LogP contribution < -0.4 is 5.32 Å². The lowest BCUT2D eigenvalue weighted by Gasteiger charge is -2.43. The average Bonchev–Trinajstić information content (AvgIpc) is 2.71. The second-order valence-corrected chi connectivity index (χ2v) is 6.47. The molecule has 0 bridgehead atoms. The van der Waals surface area contributed by atoms with Crippen molar-refractivity contribution in [2.24, 2.45) is 5.41 Å². The summed E-state index contributed by atoms with van der Waals surface area (Å²) in [7, 11) is 4.32. The number of benzene rings is 1. The highest BCUT2D eigenvalue weighted by molar-refractivity contribution is 5.61. The van der Waals surface area contributed by atoms with Gasteiger partial charge in [0.05, 0.1) is 0 Å². The van der Waals surface area contributed by atoms with Gasteiger partial charge in [-0.25, -0.2) is 0 Å². The molecular weight excluding hydrogens is 232 g/mol. The fraction of sp³-hybridized carbons (Fsp3) is 0.647. The predicted octanol–water partition coefficient (Wildman–Crippen LogP) is 3.98. The number of anilines is 1. The van der Waals surface area contributed by atoms with Crippen LogP contribution in [0.3, 0.4) is 0 Å². The Kier molecular flexibility index (Phi) is 5.03. The van der Waals surface area contributed by atoms with Crippen LogP contribution in [0.4, 0.5) is 5.69 Å². The van der Waals surface area contributed by atoms with Gasteiger partial charge in [0, 0.05) is 24.2 Å². The van der Waals surface area contributed by atoms with Gasteiger partial charge in [0.2, 0.25) is 0 Å². The molecular formula is C17H30N2. The molecule has 1 N–H and O–H groups in total. The van der Waals surface area contributed by atoms with Gasteiger partial charge in [0.15, 0.2) is 0 Å². The van der Waals surface area contributed by atoms with E-state index in [-0.39, 0.29) is 10.8 Å². The van der Waals surface area contributed by atoms with Crippen LogP contribution in [0.1, 0.15) is 40.2 Å². The van der Waals surface area contributed by atoms with Crippen LogP contribution in [-0.4, -0.2) is 32.1 Å². The van der Waals surface area contributed by atoms with Crippen molar-refractivity contribution in [3.05, 3.63) is 29.8 Å². The quantitative estimate of drug-likeness (QED) is 0.867. The Balaban J connectivity index is 0.000000861. The minimum Gasteiger partial charge on any atom is -0.384 e. The van der Waals surface area contributed by atoms with Crippen molar-refractivity contribution in [3.8, 4) is 0 Å². The van der Waals surface area contributed by atoms with Crippen LogP contribution in [0, 0.1) is 5.41 Å². The van der Waals surface area contributed by atoms with E-state index in [0.717, 1.165) is 13.1 Å². The van der Waals surface area contributed by atoms with Crippen molar-refractivity contribution in [1.29, 1.82) is 0 Å². The van der Waals surface area contributed by atoms with Crippen LogP contribution in [0.15, 0.2) is 24.3 Å². The molecule has 2 heteroatoms. The molecule has 0 spiro atoms. The summed E-state index contributed by atoms with van der Waals surface area (Å²) in [5.74, 6) is 0. The smallest absolute Gasteiger partial charge is 0.0380 e. The molecule has 0 saturated heterocycles. The lowest BCUT2D eigenvalue weighted by molar-refractivity contribution is 0.153. The maximum atomic E-state index is 3.58. The molecule has 0 saturated carbocycles. The van der Waals surface area contributed by atoms with Crippen molar-refractivity contribution < 1.29 is 0 Å². The third kappa shape index (κ3) is 2.94. The van der Waals surface area contributed by atoms with Crippen LogP contribution in [0.5, 0.6) is 0 Å². The van der Waals surface area contributed by atoms with Gasteiger partial charge >= 0.3 is 0 Å². The topological polar surface area (TPSA) is 15.3 Å². The van der Waals surface area contributed by atoms with Crippen LogP contribution in [-0.2, 0) is 5.41 Å². The van der Waals surface area contributed by atoms with Gasteiger partial charge in [-0.15, -0.1) is 0 Å². The van der Waals surface area contributed by atoms with Crippen LogP contribution in [0.2, 0.25) is 0 Å². The lowest BCUT2D eigenvalue weighted by atomic mass is 9.63. The molecule has 1 aromatic carbocycles. The largest absolute Gasteiger partial charge is 0.384 e. The molecule has 108 valence electrons. The van der Waals surface area contributed by atoms with Gasteiger partial charge in [-0.2, -0.15) is 0 Å². The van der Waals surface area contributed by atoms with Crippen molar-refractivity contribution in [2.75, 3.05) is 32.5 Å². The molecule has 1 atom stereocenters. The molecule has 0 fully saturated rings. The van der Waals surface area contributed by atoms with Crippen molar-refractivity contribution in [2.45, 2.75) is 40.0 Å². The Morgan fingerprint density at radius 1 is 1.16 bits per heavy atom. The zero-order valence-electron chi connectivity index (χ0n) is 13.7. The third-order valence-electron chi connectivity index (χ3n) is 4.05. The number of rotatable bonds is 2. The van der Waals surface area contributed by atoms with E-state index in [1.807, 2.05) is 13.8 Å². The highest BCUT2D eigenvalue weighted by Crippen LogP contribution is 2.48. The molecule has 1 aliphatic heterocycles.